The first kappa shape index (κ1) is 20.4. The number of carbonyl (C=O) groups is 1. The first-order chi connectivity index (χ1) is 11.9. The lowest BCUT2D eigenvalue weighted by Gasteiger charge is -2.27. The Balaban J connectivity index is 0.00000243. The molecular formula is C19H23ClN2O3S. The number of nitrogens with one attached hydrogen (secondary N) is 2. The van der Waals surface area contributed by atoms with Gasteiger partial charge in [0.15, 0.2) is 9.84 Å². The SMILES string of the molecule is Cc1ccc(S(=O)(=O)Cc2ccc(C(=O)NCC3CNC3)cc2)cc1.Cl. The molecule has 5 nitrogen and oxygen atoms in total. The molecule has 0 unspecified atom stereocenters. The van der Waals surface area contributed by atoms with Crippen molar-refractivity contribution in [2.45, 2.75) is 17.6 Å². The van der Waals surface area contributed by atoms with Crippen LogP contribution in [0.25, 0.3) is 0 Å². The Labute approximate surface area is 160 Å². The van der Waals surface area contributed by atoms with Gasteiger partial charge >= 0.3 is 0 Å². The van der Waals surface area contributed by atoms with Crippen molar-refractivity contribution in [2.24, 2.45) is 5.92 Å². The lowest BCUT2D eigenvalue weighted by atomic mass is 10.0. The van der Waals surface area contributed by atoms with Crippen LogP contribution in [0.2, 0.25) is 0 Å². The molecule has 0 aromatic heterocycles. The van der Waals surface area contributed by atoms with Crippen molar-refractivity contribution in [2.75, 3.05) is 19.6 Å². The van der Waals surface area contributed by atoms with Crippen molar-refractivity contribution >= 4 is 28.2 Å². The molecular weight excluding hydrogens is 372 g/mol. The smallest absolute Gasteiger partial charge is 0.251 e. The zero-order chi connectivity index (χ0) is 17.9. The number of halogens is 1. The number of amides is 1. The van der Waals surface area contributed by atoms with E-state index >= 15 is 0 Å². The number of rotatable bonds is 6. The van der Waals surface area contributed by atoms with Gasteiger partial charge in [-0.1, -0.05) is 29.8 Å². The molecule has 2 aromatic rings. The Kier molecular flexibility index (Phi) is 6.81. The first-order valence-corrected chi connectivity index (χ1v) is 9.96. The van der Waals surface area contributed by atoms with Crippen molar-refractivity contribution in [3.05, 3.63) is 65.2 Å². The zero-order valence-corrected chi connectivity index (χ0v) is 16.2. The summed E-state index contributed by atoms with van der Waals surface area (Å²) in [4.78, 5) is 12.4. The highest BCUT2D eigenvalue weighted by atomic mass is 35.5. The Hall–Kier alpha value is -1.89. The summed E-state index contributed by atoms with van der Waals surface area (Å²) in [6.07, 6.45) is 0. The molecule has 0 aliphatic carbocycles. The molecule has 0 saturated carbocycles. The summed E-state index contributed by atoms with van der Waals surface area (Å²) in [5, 5.41) is 6.06. The highest BCUT2D eigenvalue weighted by Crippen LogP contribution is 2.17. The van der Waals surface area contributed by atoms with E-state index in [9.17, 15) is 13.2 Å². The summed E-state index contributed by atoms with van der Waals surface area (Å²) < 4.78 is 24.9. The van der Waals surface area contributed by atoms with Crippen molar-refractivity contribution < 1.29 is 13.2 Å². The van der Waals surface area contributed by atoms with Gasteiger partial charge < -0.3 is 10.6 Å². The molecule has 2 N–H and O–H groups in total. The second-order valence-corrected chi connectivity index (χ2v) is 8.49. The predicted molar refractivity (Wildman–Crippen MR) is 104 cm³/mol. The van der Waals surface area contributed by atoms with Crippen LogP contribution < -0.4 is 10.6 Å². The van der Waals surface area contributed by atoms with Crippen LogP contribution in [0.15, 0.2) is 53.4 Å². The molecule has 0 atom stereocenters. The fraction of sp³-hybridized carbons (Fsp3) is 0.316. The molecule has 0 radical (unpaired) electrons. The van der Waals surface area contributed by atoms with Crippen LogP contribution in [-0.2, 0) is 15.6 Å². The minimum Gasteiger partial charge on any atom is -0.352 e. The van der Waals surface area contributed by atoms with Gasteiger partial charge in [-0.2, -0.15) is 0 Å². The average Bonchev–Trinajstić information content (AvgIpc) is 2.54. The highest BCUT2D eigenvalue weighted by Gasteiger charge is 2.18. The number of hydrogen-bond acceptors (Lipinski definition) is 4. The average molecular weight is 395 g/mol. The molecule has 1 aliphatic heterocycles. The molecule has 3 rings (SSSR count). The third-order valence-electron chi connectivity index (χ3n) is 4.37. The van der Waals surface area contributed by atoms with Crippen LogP contribution in [-0.4, -0.2) is 34.0 Å². The van der Waals surface area contributed by atoms with Crippen LogP contribution >= 0.6 is 12.4 Å². The monoisotopic (exact) mass is 394 g/mol. The molecule has 1 heterocycles. The maximum absolute atomic E-state index is 12.5. The van der Waals surface area contributed by atoms with Crippen molar-refractivity contribution in [1.29, 1.82) is 0 Å². The standard InChI is InChI=1S/C19H22N2O3S.ClH/c1-14-2-8-18(9-3-14)25(23,24)13-15-4-6-17(7-5-15)19(22)21-12-16-10-20-11-16;/h2-9,16,20H,10-13H2,1H3,(H,21,22);1H. The minimum atomic E-state index is -3.39. The van der Waals surface area contributed by atoms with Crippen molar-refractivity contribution in [3.8, 4) is 0 Å². The van der Waals surface area contributed by atoms with Gasteiger partial charge in [-0.15, -0.1) is 12.4 Å². The summed E-state index contributed by atoms with van der Waals surface area (Å²) in [7, 11) is -3.39. The van der Waals surface area contributed by atoms with Gasteiger partial charge in [-0.05, 0) is 36.8 Å². The Morgan fingerprint density at radius 3 is 2.23 bits per heavy atom. The van der Waals surface area contributed by atoms with Crippen LogP contribution in [0, 0.1) is 12.8 Å². The summed E-state index contributed by atoms with van der Waals surface area (Å²) in [5.41, 5.74) is 2.23. The van der Waals surface area contributed by atoms with Crippen LogP contribution in [0.5, 0.6) is 0 Å². The fourth-order valence-corrected chi connectivity index (χ4v) is 3.98. The summed E-state index contributed by atoms with van der Waals surface area (Å²) in [6.45, 7) is 4.46. The molecule has 2 aromatic carbocycles. The van der Waals surface area contributed by atoms with E-state index in [-0.39, 0.29) is 24.1 Å². The van der Waals surface area contributed by atoms with E-state index in [1.807, 2.05) is 6.92 Å². The van der Waals surface area contributed by atoms with E-state index < -0.39 is 9.84 Å². The number of carbonyl (C=O) groups excluding carboxylic acids is 1. The number of aryl methyl sites for hydroxylation is 1. The second-order valence-electron chi connectivity index (χ2n) is 6.50. The third kappa shape index (κ3) is 5.06. The number of sulfone groups is 1. The Morgan fingerprint density at radius 2 is 1.69 bits per heavy atom. The third-order valence-corrected chi connectivity index (χ3v) is 6.07. The summed E-state index contributed by atoms with van der Waals surface area (Å²) in [6, 6.07) is 13.6. The van der Waals surface area contributed by atoms with Gasteiger partial charge in [0.25, 0.3) is 5.91 Å². The number of benzene rings is 2. The molecule has 0 bridgehead atoms. The lowest BCUT2D eigenvalue weighted by molar-refractivity contribution is 0.0942. The lowest BCUT2D eigenvalue weighted by Crippen LogP contribution is -2.48. The predicted octanol–water partition coefficient (Wildman–Crippen LogP) is 2.34. The maximum atomic E-state index is 12.5. The van der Waals surface area contributed by atoms with E-state index in [2.05, 4.69) is 10.6 Å². The number of hydrogen-bond donors (Lipinski definition) is 2. The van der Waals surface area contributed by atoms with Gasteiger partial charge in [-0.3, -0.25) is 4.79 Å². The van der Waals surface area contributed by atoms with Crippen LogP contribution in [0.1, 0.15) is 21.5 Å². The van der Waals surface area contributed by atoms with Crippen molar-refractivity contribution in [1.82, 2.24) is 10.6 Å². The van der Waals surface area contributed by atoms with Crippen LogP contribution in [0.3, 0.4) is 0 Å². The molecule has 0 spiro atoms. The molecule has 7 heteroatoms. The molecule has 140 valence electrons. The van der Waals surface area contributed by atoms with Gasteiger partial charge in [0.2, 0.25) is 0 Å². The van der Waals surface area contributed by atoms with Gasteiger partial charge in [0.05, 0.1) is 10.6 Å². The van der Waals surface area contributed by atoms with Gasteiger partial charge in [0, 0.05) is 31.1 Å². The molecule has 1 fully saturated rings. The summed E-state index contributed by atoms with van der Waals surface area (Å²) in [5.74, 6) is 0.300. The maximum Gasteiger partial charge on any atom is 0.251 e. The normalized spacial score (nSPS) is 14.2. The quantitative estimate of drug-likeness (QED) is 0.788. The molecule has 26 heavy (non-hydrogen) atoms. The largest absolute Gasteiger partial charge is 0.352 e. The highest BCUT2D eigenvalue weighted by molar-refractivity contribution is 7.90. The van der Waals surface area contributed by atoms with Gasteiger partial charge in [-0.25, -0.2) is 8.42 Å². The van der Waals surface area contributed by atoms with Crippen molar-refractivity contribution in [3.63, 3.8) is 0 Å². The molecule has 1 aliphatic rings. The molecule has 1 saturated heterocycles. The van der Waals surface area contributed by atoms with Gasteiger partial charge in [0.1, 0.15) is 0 Å². The minimum absolute atomic E-state index is 0. The van der Waals surface area contributed by atoms with E-state index in [1.54, 1.807) is 48.5 Å². The van der Waals surface area contributed by atoms with E-state index in [0.29, 0.717) is 28.5 Å². The summed E-state index contributed by atoms with van der Waals surface area (Å²) >= 11 is 0. The Bertz CT molecular complexity index is 845. The van der Waals surface area contributed by atoms with E-state index in [4.69, 9.17) is 0 Å². The molecule has 1 amide bonds. The first-order valence-electron chi connectivity index (χ1n) is 8.31. The zero-order valence-electron chi connectivity index (χ0n) is 14.6. The second kappa shape index (κ2) is 8.66. The van der Waals surface area contributed by atoms with Crippen LogP contribution in [0.4, 0.5) is 0 Å². The van der Waals surface area contributed by atoms with E-state index in [0.717, 1.165) is 18.7 Å². The van der Waals surface area contributed by atoms with E-state index in [1.165, 1.54) is 0 Å². The topological polar surface area (TPSA) is 75.3 Å². The Morgan fingerprint density at radius 1 is 1.08 bits per heavy atom. The fourth-order valence-electron chi connectivity index (χ4n) is 2.63.